The van der Waals surface area contributed by atoms with Gasteiger partial charge in [0.1, 0.15) is 12.4 Å². The molecule has 1 rings (SSSR count). The van der Waals surface area contributed by atoms with E-state index >= 15 is 0 Å². The molecule has 0 unspecified atom stereocenters. The summed E-state index contributed by atoms with van der Waals surface area (Å²) in [5, 5.41) is 0. The van der Waals surface area contributed by atoms with Crippen LogP contribution in [-0.2, 0) is 24.0 Å². The van der Waals surface area contributed by atoms with Gasteiger partial charge in [-0.15, -0.1) is 12.4 Å². The van der Waals surface area contributed by atoms with Gasteiger partial charge < -0.3 is 4.55 Å². The Kier molecular flexibility index (Phi) is 9.45. The van der Waals surface area contributed by atoms with Crippen molar-refractivity contribution < 1.29 is 22.1 Å². The Balaban J connectivity index is 0. The molecule has 96 valence electrons. The van der Waals surface area contributed by atoms with Crippen molar-refractivity contribution in [3.8, 4) is 0 Å². The lowest BCUT2D eigenvalue weighted by Gasteiger charge is -1.90. The van der Waals surface area contributed by atoms with Crippen molar-refractivity contribution in [3.05, 3.63) is 18.7 Å². The molecule has 8 heteroatoms. The van der Waals surface area contributed by atoms with Gasteiger partial charge in [-0.1, -0.05) is 13.3 Å². The Morgan fingerprint density at radius 1 is 1.50 bits per heavy atom. The van der Waals surface area contributed by atoms with Crippen molar-refractivity contribution in [3.63, 3.8) is 0 Å². The van der Waals surface area contributed by atoms with E-state index in [2.05, 4.69) is 34.8 Å². The lowest BCUT2D eigenvalue weighted by atomic mass is 10.3. The van der Waals surface area contributed by atoms with Gasteiger partial charge in [0.15, 0.2) is 0 Å². The highest BCUT2D eigenvalue weighted by molar-refractivity contribution is 7.79. The molecule has 16 heavy (non-hydrogen) atoms. The summed E-state index contributed by atoms with van der Waals surface area (Å²) in [5.41, 5.74) is 0. The van der Waals surface area contributed by atoms with E-state index in [1.54, 1.807) is 0 Å². The number of unbranched alkanes of at least 4 members (excludes halogenated alkanes) is 1. The van der Waals surface area contributed by atoms with Gasteiger partial charge in [-0.05, 0) is 6.42 Å². The van der Waals surface area contributed by atoms with Gasteiger partial charge >= 0.3 is 0 Å². The van der Waals surface area contributed by atoms with Gasteiger partial charge in [-0.3, -0.25) is 4.55 Å². The first-order chi connectivity index (χ1) is 6.83. The van der Waals surface area contributed by atoms with Crippen molar-refractivity contribution in [2.24, 2.45) is 7.05 Å². The third kappa shape index (κ3) is 13.4. The number of hydrogen-bond acceptors (Lipinski definition) is 3. The molecule has 0 amide bonds. The molecule has 1 aromatic heterocycles. The fraction of sp³-hybridized carbons (Fsp3) is 0.625. The number of nitrogens with zero attached hydrogens (tertiary/aromatic N) is 2. The maximum absolute atomic E-state index is 8.63. The minimum absolute atomic E-state index is 0. The van der Waals surface area contributed by atoms with Crippen molar-refractivity contribution in [1.82, 2.24) is 4.57 Å². The number of hydrogen-bond donors (Lipinski definition) is 1. The normalized spacial score (nSPS) is 10.0. The first kappa shape index (κ1) is 17.8. The van der Waals surface area contributed by atoms with Crippen LogP contribution in [-0.4, -0.2) is 22.1 Å². The molecule has 0 fully saturated rings. The summed E-state index contributed by atoms with van der Waals surface area (Å²) in [6.07, 6.45) is 8.82. The Hall–Kier alpha value is -0.630. The average Bonchev–Trinajstić information content (AvgIpc) is 2.45. The van der Waals surface area contributed by atoms with Gasteiger partial charge in [-0.2, -0.15) is 0 Å². The SMILES string of the molecule is CCCCn1cc[n+](C)c1.Cl.O=S(=O)([O-])O. The summed E-state index contributed by atoms with van der Waals surface area (Å²) in [6.45, 7) is 3.36. The Morgan fingerprint density at radius 3 is 2.31 bits per heavy atom. The van der Waals surface area contributed by atoms with Gasteiger partial charge in [0.25, 0.3) is 0 Å². The number of imidazole rings is 1. The van der Waals surface area contributed by atoms with Crippen LogP contribution in [0.25, 0.3) is 0 Å². The highest BCUT2D eigenvalue weighted by atomic mass is 35.5. The van der Waals surface area contributed by atoms with Crippen molar-refractivity contribution >= 4 is 22.8 Å². The van der Waals surface area contributed by atoms with Crippen molar-refractivity contribution in [2.75, 3.05) is 0 Å². The van der Waals surface area contributed by atoms with E-state index < -0.39 is 10.4 Å². The molecule has 0 aliphatic carbocycles. The Labute approximate surface area is 102 Å². The minimum Gasteiger partial charge on any atom is -0.726 e. The van der Waals surface area contributed by atoms with Gasteiger partial charge in [0.05, 0.1) is 13.6 Å². The van der Waals surface area contributed by atoms with Crippen LogP contribution in [0.5, 0.6) is 0 Å². The zero-order valence-electron chi connectivity index (χ0n) is 9.24. The lowest BCUT2D eigenvalue weighted by molar-refractivity contribution is -0.671. The average molecular weight is 273 g/mol. The molecule has 0 bridgehead atoms. The van der Waals surface area contributed by atoms with E-state index in [1.807, 2.05) is 7.05 Å². The van der Waals surface area contributed by atoms with Gasteiger partial charge in [-0.25, -0.2) is 17.6 Å². The number of aromatic nitrogens is 2. The Morgan fingerprint density at radius 2 is 2.00 bits per heavy atom. The second kappa shape index (κ2) is 8.51. The van der Waals surface area contributed by atoms with Crippen LogP contribution in [0.15, 0.2) is 18.7 Å². The molecule has 6 nitrogen and oxygen atoms in total. The zero-order chi connectivity index (χ0) is 11.9. The molecule has 0 radical (unpaired) electrons. The van der Waals surface area contributed by atoms with E-state index in [0.29, 0.717) is 0 Å². The zero-order valence-corrected chi connectivity index (χ0v) is 10.9. The van der Waals surface area contributed by atoms with E-state index in [-0.39, 0.29) is 12.4 Å². The van der Waals surface area contributed by atoms with E-state index in [9.17, 15) is 0 Å². The first-order valence-electron chi connectivity index (χ1n) is 4.52. The molecule has 1 aromatic rings. The fourth-order valence-electron chi connectivity index (χ4n) is 0.975. The minimum atomic E-state index is -4.92. The quantitative estimate of drug-likeness (QED) is 0.494. The monoisotopic (exact) mass is 272 g/mol. The molecule has 1 heterocycles. The predicted molar refractivity (Wildman–Crippen MR) is 60.1 cm³/mol. The maximum atomic E-state index is 8.63. The summed E-state index contributed by atoms with van der Waals surface area (Å²) < 4.78 is 37.1. The Bertz CT molecular complexity index is 369. The molecule has 0 aliphatic rings. The topological polar surface area (TPSA) is 86.2 Å². The predicted octanol–water partition coefficient (Wildman–Crippen LogP) is 0.539. The van der Waals surface area contributed by atoms with Crippen LogP contribution >= 0.6 is 12.4 Å². The summed E-state index contributed by atoms with van der Waals surface area (Å²) in [6, 6.07) is 0. The molecule has 0 saturated heterocycles. The van der Waals surface area contributed by atoms with Crippen LogP contribution in [0.4, 0.5) is 0 Å². The third-order valence-electron chi connectivity index (χ3n) is 1.59. The van der Waals surface area contributed by atoms with Crippen LogP contribution in [0.2, 0.25) is 0 Å². The van der Waals surface area contributed by atoms with Crippen LogP contribution in [0, 0.1) is 0 Å². The molecular formula is C8H17ClN2O4S. The fourth-order valence-corrected chi connectivity index (χ4v) is 0.975. The van der Waals surface area contributed by atoms with Crippen LogP contribution in [0.1, 0.15) is 19.8 Å². The third-order valence-corrected chi connectivity index (χ3v) is 1.59. The van der Waals surface area contributed by atoms with E-state index in [4.69, 9.17) is 17.5 Å². The number of aryl methyl sites for hydroxylation is 2. The van der Waals surface area contributed by atoms with E-state index in [1.165, 1.54) is 12.8 Å². The van der Waals surface area contributed by atoms with E-state index in [0.717, 1.165) is 6.54 Å². The molecular weight excluding hydrogens is 256 g/mol. The number of rotatable bonds is 3. The van der Waals surface area contributed by atoms with Gasteiger partial charge in [0.2, 0.25) is 16.7 Å². The standard InChI is InChI=1S/C8H15N2.ClH.H2O4S/c1-3-4-5-10-7-6-9(2)8-10;;1-5(2,3)4/h6-8H,3-5H2,1-2H3;1H;(H2,1,2,3,4)/q+1;;/p-1. The molecule has 0 aromatic carbocycles. The molecule has 0 saturated carbocycles. The second-order valence-corrected chi connectivity index (χ2v) is 3.95. The summed E-state index contributed by atoms with van der Waals surface area (Å²) in [7, 11) is -2.87. The van der Waals surface area contributed by atoms with Crippen molar-refractivity contribution in [2.45, 2.75) is 26.3 Å². The second-order valence-electron chi connectivity index (χ2n) is 3.10. The smallest absolute Gasteiger partial charge is 0.243 e. The largest absolute Gasteiger partial charge is 0.726 e. The molecule has 0 spiro atoms. The van der Waals surface area contributed by atoms with Crippen LogP contribution < -0.4 is 4.57 Å². The molecule has 0 atom stereocenters. The van der Waals surface area contributed by atoms with Gasteiger partial charge in [0, 0.05) is 0 Å². The summed E-state index contributed by atoms with van der Waals surface area (Å²) in [4.78, 5) is 0. The lowest BCUT2D eigenvalue weighted by Crippen LogP contribution is -2.23. The first-order valence-corrected chi connectivity index (χ1v) is 5.88. The molecule has 1 N–H and O–H groups in total. The number of halogens is 1. The van der Waals surface area contributed by atoms with Crippen molar-refractivity contribution in [1.29, 1.82) is 0 Å². The molecule has 0 aliphatic heterocycles. The summed E-state index contributed by atoms with van der Waals surface area (Å²) in [5.74, 6) is 0. The van der Waals surface area contributed by atoms with Crippen LogP contribution in [0.3, 0.4) is 0 Å². The maximum Gasteiger partial charge on any atom is 0.243 e. The highest BCUT2D eigenvalue weighted by Crippen LogP contribution is 1.91. The summed E-state index contributed by atoms with van der Waals surface area (Å²) >= 11 is 0. The highest BCUT2D eigenvalue weighted by Gasteiger charge is 1.96.